The monoisotopic (exact) mass is 254 g/mol. The fourth-order valence-electron chi connectivity index (χ4n) is 1.46. The van der Waals surface area contributed by atoms with Crippen molar-refractivity contribution in [2.24, 2.45) is 0 Å². The van der Waals surface area contributed by atoms with Crippen molar-refractivity contribution in [2.45, 2.75) is 26.3 Å². The predicted molar refractivity (Wildman–Crippen MR) is 70.3 cm³/mol. The SMILES string of the molecule is COCCC(=O)Nc1cc(F)ccc1NC(C)C. The van der Waals surface area contributed by atoms with E-state index in [1.807, 2.05) is 13.8 Å². The van der Waals surface area contributed by atoms with E-state index in [4.69, 9.17) is 4.74 Å². The van der Waals surface area contributed by atoms with Crippen LogP contribution < -0.4 is 10.6 Å². The number of amides is 1. The lowest BCUT2D eigenvalue weighted by Crippen LogP contribution is -2.17. The molecule has 0 bridgehead atoms. The Morgan fingerprint density at radius 2 is 2.11 bits per heavy atom. The third-order valence-electron chi connectivity index (χ3n) is 2.23. The number of ether oxygens (including phenoxy) is 1. The second kappa shape index (κ2) is 6.96. The number of hydrogen-bond acceptors (Lipinski definition) is 3. The Kier molecular flexibility index (Phi) is 5.58. The van der Waals surface area contributed by atoms with E-state index in [9.17, 15) is 9.18 Å². The first-order valence-corrected chi connectivity index (χ1v) is 5.87. The summed E-state index contributed by atoms with van der Waals surface area (Å²) in [6, 6.07) is 4.47. The summed E-state index contributed by atoms with van der Waals surface area (Å²) >= 11 is 0. The van der Waals surface area contributed by atoms with Crippen molar-refractivity contribution in [2.75, 3.05) is 24.4 Å². The molecule has 4 nitrogen and oxygen atoms in total. The fourth-order valence-corrected chi connectivity index (χ4v) is 1.46. The molecule has 0 aliphatic rings. The zero-order valence-corrected chi connectivity index (χ0v) is 10.9. The van der Waals surface area contributed by atoms with Gasteiger partial charge in [-0.05, 0) is 32.0 Å². The summed E-state index contributed by atoms with van der Waals surface area (Å²) in [5, 5.41) is 5.82. The van der Waals surface area contributed by atoms with Gasteiger partial charge in [-0.3, -0.25) is 4.79 Å². The average molecular weight is 254 g/mol. The molecular formula is C13H19FN2O2. The molecule has 0 saturated carbocycles. The van der Waals surface area contributed by atoms with Crippen LogP contribution in [0, 0.1) is 5.82 Å². The Hall–Kier alpha value is -1.62. The van der Waals surface area contributed by atoms with Crippen LogP contribution in [-0.2, 0) is 9.53 Å². The fraction of sp³-hybridized carbons (Fsp3) is 0.462. The number of anilines is 2. The van der Waals surface area contributed by atoms with Gasteiger partial charge >= 0.3 is 0 Å². The highest BCUT2D eigenvalue weighted by Crippen LogP contribution is 2.23. The van der Waals surface area contributed by atoms with Gasteiger partial charge in [0.2, 0.25) is 5.91 Å². The largest absolute Gasteiger partial charge is 0.384 e. The van der Waals surface area contributed by atoms with E-state index < -0.39 is 0 Å². The van der Waals surface area contributed by atoms with Gasteiger partial charge in [-0.25, -0.2) is 4.39 Å². The van der Waals surface area contributed by atoms with Crippen LogP contribution in [0.15, 0.2) is 18.2 Å². The van der Waals surface area contributed by atoms with Crippen LogP contribution in [0.1, 0.15) is 20.3 Å². The predicted octanol–water partition coefficient (Wildman–Crippen LogP) is 2.62. The molecule has 5 heteroatoms. The van der Waals surface area contributed by atoms with Crippen molar-refractivity contribution in [1.82, 2.24) is 0 Å². The first-order valence-electron chi connectivity index (χ1n) is 5.87. The number of rotatable bonds is 6. The van der Waals surface area contributed by atoms with Gasteiger partial charge in [0.15, 0.2) is 0 Å². The van der Waals surface area contributed by atoms with Crippen LogP contribution in [-0.4, -0.2) is 25.7 Å². The number of carbonyl (C=O) groups excluding carboxylic acids is 1. The highest BCUT2D eigenvalue weighted by Gasteiger charge is 2.09. The van der Waals surface area contributed by atoms with E-state index >= 15 is 0 Å². The maximum atomic E-state index is 13.2. The molecule has 1 aromatic carbocycles. The van der Waals surface area contributed by atoms with E-state index in [1.165, 1.54) is 19.2 Å². The molecule has 0 aliphatic carbocycles. The minimum absolute atomic E-state index is 0.199. The molecule has 0 heterocycles. The molecule has 0 spiro atoms. The molecule has 0 radical (unpaired) electrons. The highest BCUT2D eigenvalue weighted by molar-refractivity contribution is 5.94. The number of halogens is 1. The number of carbonyl (C=O) groups is 1. The third-order valence-corrected chi connectivity index (χ3v) is 2.23. The van der Waals surface area contributed by atoms with Gasteiger partial charge in [-0.2, -0.15) is 0 Å². The quantitative estimate of drug-likeness (QED) is 0.820. The van der Waals surface area contributed by atoms with Crippen LogP contribution in [0.4, 0.5) is 15.8 Å². The Labute approximate surface area is 107 Å². The smallest absolute Gasteiger partial charge is 0.226 e. The summed E-state index contributed by atoms with van der Waals surface area (Å²) in [5.41, 5.74) is 1.15. The van der Waals surface area contributed by atoms with Gasteiger partial charge in [0.05, 0.1) is 24.4 Å². The molecular weight excluding hydrogens is 235 g/mol. The van der Waals surface area contributed by atoms with Gasteiger partial charge < -0.3 is 15.4 Å². The number of methoxy groups -OCH3 is 1. The van der Waals surface area contributed by atoms with E-state index in [1.54, 1.807) is 6.07 Å². The zero-order valence-electron chi connectivity index (χ0n) is 10.9. The van der Waals surface area contributed by atoms with Crippen molar-refractivity contribution in [3.63, 3.8) is 0 Å². The molecule has 1 rings (SSSR count). The number of nitrogens with one attached hydrogen (secondary N) is 2. The van der Waals surface area contributed by atoms with Crippen molar-refractivity contribution in [3.05, 3.63) is 24.0 Å². The minimum atomic E-state index is -0.383. The van der Waals surface area contributed by atoms with E-state index in [0.29, 0.717) is 18.0 Å². The lowest BCUT2D eigenvalue weighted by atomic mass is 10.2. The molecule has 0 aliphatic heterocycles. The zero-order chi connectivity index (χ0) is 13.5. The van der Waals surface area contributed by atoms with Crippen molar-refractivity contribution >= 4 is 17.3 Å². The molecule has 1 aromatic rings. The van der Waals surface area contributed by atoms with Crippen molar-refractivity contribution < 1.29 is 13.9 Å². The number of benzene rings is 1. The van der Waals surface area contributed by atoms with Gasteiger partial charge in [0.25, 0.3) is 0 Å². The molecule has 2 N–H and O–H groups in total. The molecule has 18 heavy (non-hydrogen) atoms. The van der Waals surface area contributed by atoms with Crippen LogP contribution in [0.25, 0.3) is 0 Å². The Balaban J connectivity index is 2.78. The third kappa shape index (κ3) is 4.71. The van der Waals surface area contributed by atoms with Crippen LogP contribution in [0.3, 0.4) is 0 Å². The summed E-state index contributed by atoms with van der Waals surface area (Å²) in [5.74, 6) is -0.583. The van der Waals surface area contributed by atoms with E-state index in [2.05, 4.69) is 10.6 Å². The second-order valence-corrected chi connectivity index (χ2v) is 4.28. The first kappa shape index (κ1) is 14.4. The summed E-state index contributed by atoms with van der Waals surface area (Å²) in [4.78, 5) is 11.6. The van der Waals surface area contributed by atoms with Crippen LogP contribution in [0.2, 0.25) is 0 Å². The maximum Gasteiger partial charge on any atom is 0.226 e. The molecule has 100 valence electrons. The maximum absolute atomic E-state index is 13.2. The van der Waals surface area contributed by atoms with Crippen LogP contribution in [0.5, 0.6) is 0 Å². The summed E-state index contributed by atoms with van der Waals surface area (Å²) in [7, 11) is 1.53. The van der Waals surface area contributed by atoms with Gasteiger partial charge in [-0.15, -0.1) is 0 Å². The van der Waals surface area contributed by atoms with Crippen LogP contribution >= 0.6 is 0 Å². The summed E-state index contributed by atoms with van der Waals surface area (Å²) in [6.07, 6.45) is 0.244. The topological polar surface area (TPSA) is 50.4 Å². The summed E-state index contributed by atoms with van der Waals surface area (Å²) < 4.78 is 18.0. The first-order chi connectivity index (χ1) is 8.52. The molecule has 0 saturated heterocycles. The molecule has 0 unspecified atom stereocenters. The van der Waals surface area contributed by atoms with Crippen molar-refractivity contribution in [1.29, 1.82) is 0 Å². The highest BCUT2D eigenvalue weighted by atomic mass is 19.1. The average Bonchev–Trinajstić information content (AvgIpc) is 2.29. The normalized spacial score (nSPS) is 10.5. The molecule has 1 amide bonds. The lowest BCUT2D eigenvalue weighted by Gasteiger charge is -2.15. The van der Waals surface area contributed by atoms with Gasteiger partial charge in [0.1, 0.15) is 5.82 Å². The Bertz CT molecular complexity index is 408. The standard InChI is InChI=1S/C13H19FN2O2/c1-9(2)15-11-5-4-10(14)8-12(11)16-13(17)6-7-18-3/h4-5,8-9,15H,6-7H2,1-3H3,(H,16,17). The summed E-state index contributed by atoms with van der Waals surface area (Å²) in [6.45, 7) is 4.29. The Morgan fingerprint density at radius 1 is 1.39 bits per heavy atom. The van der Waals surface area contributed by atoms with E-state index in [0.717, 1.165) is 0 Å². The molecule has 0 fully saturated rings. The van der Waals surface area contributed by atoms with E-state index in [-0.39, 0.29) is 24.2 Å². The molecule has 0 atom stereocenters. The van der Waals surface area contributed by atoms with Gasteiger partial charge in [0, 0.05) is 13.2 Å². The minimum Gasteiger partial charge on any atom is -0.384 e. The molecule has 0 aromatic heterocycles. The number of hydrogen-bond donors (Lipinski definition) is 2. The van der Waals surface area contributed by atoms with Gasteiger partial charge in [-0.1, -0.05) is 0 Å². The second-order valence-electron chi connectivity index (χ2n) is 4.28. The van der Waals surface area contributed by atoms with Crippen molar-refractivity contribution in [3.8, 4) is 0 Å². The Morgan fingerprint density at radius 3 is 2.72 bits per heavy atom. The lowest BCUT2D eigenvalue weighted by molar-refractivity contribution is -0.117.